The van der Waals surface area contributed by atoms with E-state index in [0.717, 1.165) is 18.0 Å². The summed E-state index contributed by atoms with van der Waals surface area (Å²) in [5, 5.41) is 11.2. The zero-order valence-corrected chi connectivity index (χ0v) is 11.3. The number of rotatable bonds is 3. The standard InChI is InChI=1S/C10H10BrF4N3O/c1-18(4-10(13,14)15)6-3-2-5(9(16)17-19)7(11)8(6)12/h2-3,19H,4H2,1H3,(H2,16,17). The molecule has 0 saturated heterocycles. The summed E-state index contributed by atoms with van der Waals surface area (Å²) in [5.41, 5.74) is 5.10. The average molecular weight is 344 g/mol. The van der Waals surface area contributed by atoms with E-state index in [0.29, 0.717) is 0 Å². The molecule has 0 bridgehead atoms. The van der Waals surface area contributed by atoms with E-state index < -0.39 is 18.5 Å². The Kier molecular flexibility index (Phi) is 4.61. The van der Waals surface area contributed by atoms with E-state index in [1.165, 1.54) is 6.07 Å². The predicted molar refractivity (Wildman–Crippen MR) is 65.9 cm³/mol. The Hall–Kier alpha value is -1.51. The third-order valence-corrected chi connectivity index (χ3v) is 3.05. The van der Waals surface area contributed by atoms with Gasteiger partial charge in [-0.05, 0) is 28.1 Å². The Balaban J connectivity index is 3.16. The molecule has 0 radical (unpaired) electrons. The molecule has 0 aliphatic carbocycles. The summed E-state index contributed by atoms with van der Waals surface area (Å²) in [4.78, 5) is 0.718. The number of halogens is 5. The highest BCUT2D eigenvalue weighted by atomic mass is 79.9. The van der Waals surface area contributed by atoms with Crippen LogP contribution in [-0.2, 0) is 0 Å². The van der Waals surface area contributed by atoms with Crippen molar-refractivity contribution in [3.8, 4) is 0 Å². The van der Waals surface area contributed by atoms with Gasteiger partial charge in [-0.25, -0.2) is 4.39 Å². The summed E-state index contributed by atoms with van der Waals surface area (Å²) in [6.07, 6.45) is -4.45. The summed E-state index contributed by atoms with van der Waals surface area (Å²) in [6, 6.07) is 2.38. The first kappa shape index (κ1) is 15.5. The van der Waals surface area contributed by atoms with Crippen LogP contribution in [-0.4, -0.2) is 30.8 Å². The number of nitrogens with zero attached hydrogens (tertiary/aromatic N) is 2. The van der Waals surface area contributed by atoms with Crippen LogP contribution in [0.5, 0.6) is 0 Å². The molecule has 0 atom stereocenters. The van der Waals surface area contributed by atoms with Crippen molar-refractivity contribution in [3.05, 3.63) is 28.0 Å². The van der Waals surface area contributed by atoms with Crippen molar-refractivity contribution in [3.63, 3.8) is 0 Å². The summed E-state index contributed by atoms with van der Waals surface area (Å²) in [5.74, 6) is -1.27. The quantitative estimate of drug-likeness (QED) is 0.291. The molecule has 1 aromatic carbocycles. The van der Waals surface area contributed by atoms with Crippen molar-refractivity contribution in [1.82, 2.24) is 0 Å². The van der Waals surface area contributed by atoms with Crippen LogP contribution in [0.2, 0.25) is 0 Å². The lowest BCUT2D eigenvalue weighted by Gasteiger charge is -2.22. The summed E-state index contributed by atoms with van der Waals surface area (Å²) < 4.78 is 50.5. The van der Waals surface area contributed by atoms with Gasteiger partial charge in [-0.3, -0.25) is 0 Å². The van der Waals surface area contributed by atoms with Gasteiger partial charge in [0, 0.05) is 12.6 Å². The first-order valence-corrected chi connectivity index (χ1v) is 5.70. The van der Waals surface area contributed by atoms with Gasteiger partial charge in [-0.1, -0.05) is 5.16 Å². The highest BCUT2D eigenvalue weighted by Gasteiger charge is 2.30. The Morgan fingerprint density at radius 1 is 1.47 bits per heavy atom. The smallest absolute Gasteiger partial charge is 0.405 e. The van der Waals surface area contributed by atoms with Gasteiger partial charge in [0.1, 0.15) is 6.54 Å². The number of hydrogen-bond acceptors (Lipinski definition) is 3. The molecule has 1 rings (SSSR count). The number of amidine groups is 1. The maximum atomic E-state index is 13.9. The molecule has 106 valence electrons. The van der Waals surface area contributed by atoms with Crippen LogP contribution in [0.4, 0.5) is 23.2 Å². The minimum atomic E-state index is -4.45. The Labute approximate surface area is 114 Å². The predicted octanol–water partition coefficient (Wildman–Crippen LogP) is 2.68. The fraction of sp³-hybridized carbons (Fsp3) is 0.300. The molecule has 0 fully saturated rings. The average Bonchev–Trinajstić information content (AvgIpc) is 2.29. The monoisotopic (exact) mass is 343 g/mol. The van der Waals surface area contributed by atoms with Gasteiger partial charge in [0.15, 0.2) is 11.7 Å². The van der Waals surface area contributed by atoms with Gasteiger partial charge in [0.2, 0.25) is 0 Å². The van der Waals surface area contributed by atoms with Crippen molar-refractivity contribution in [2.24, 2.45) is 10.9 Å². The van der Waals surface area contributed by atoms with Gasteiger partial charge in [0.25, 0.3) is 0 Å². The Bertz CT molecular complexity index is 504. The molecule has 3 N–H and O–H groups in total. The van der Waals surface area contributed by atoms with E-state index in [9.17, 15) is 17.6 Å². The van der Waals surface area contributed by atoms with Crippen LogP contribution < -0.4 is 10.6 Å². The van der Waals surface area contributed by atoms with Gasteiger partial charge in [-0.2, -0.15) is 13.2 Å². The number of alkyl halides is 3. The second-order valence-electron chi connectivity index (χ2n) is 3.72. The molecule has 0 unspecified atom stereocenters. The molecule has 0 aromatic heterocycles. The zero-order valence-electron chi connectivity index (χ0n) is 9.67. The normalized spacial score (nSPS) is 12.6. The lowest BCUT2D eigenvalue weighted by molar-refractivity contribution is -0.119. The summed E-state index contributed by atoms with van der Waals surface area (Å²) in [6.45, 7) is -1.29. The molecule has 4 nitrogen and oxygen atoms in total. The maximum absolute atomic E-state index is 13.9. The minimum Gasteiger partial charge on any atom is -0.409 e. The molecule has 0 saturated carbocycles. The third-order valence-electron chi connectivity index (χ3n) is 2.27. The number of oxime groups is 1. The van der Waals surface area contributed by atoms with Crippen molar-refractivity contribution < 1.29 is 22.8 Å². The molecule has 9 heteroatoms. The number of benzene rings is 1. The van der Waals surface area contributed by atoms with Gasteiger partial charge in [0.05, 0.1) is 10.2 Å². The molecule has 19 heavy (non-hydrogen) atoms. The summed E-state index contributed by atoms with van der Waals surface area (Å²) >= 11 is 2.87. The number of anilines is 1. The molecule has 0 heterocycles. The molecular weight excluding hydrogens is 334 g/mol. The highest BCUT2D eigenvalue weighted by Crippen LogP contribution is 2.30. The van der Waals surface area contributed by atoms with E-state index in [2.05, 4.69) is 21.1 Å². The Morgan fingerprint density at radius 2 is 2.05 bits per heavy atom. The van der Waals surface area contributed by atoms with Crippen molar-refractivity contribution in [2.45, 2.75) is 6.18 Å². The molecule has 1 aromatic rings. The SMILES string of the molecule is CN(CC(F)(F)F)c1ccc(/C(N)=N/O)c(Br)c1F. The summed E-state index contributed by atoms with van der Waals surface area (Å²) in [7, 11) is 1.11. The van der Waals surface area contributed by atoms with E-state index in [4.69, 9.17) is 10.9 Å². The lowest BCUT2D eigenvalue weighted by atomic mass is 10.1. The van der Waals surface area contributed by atoms with Gasteiger partial charge < -0.3 is 15.8 Å². The van der Waals surface area contributed by atoms with Gasteiger partial charge in [-0.15, -0.1) is 0 Å². The number of hydrogen-bond donors (Lipinski definition) is 2. The fourth-order valence-electron chi connectivity index (χ4n) is 1.44. The lowest BCUT2D eigenvalue weighted by Crippen LogP contribution is -2.31. The van der Waals surface area contributed by atoms with E-state index in [-0.39, 0.29) is 21.6 Å². The Morgan fingerprint density at radius 3 is 2.53 bits per heavy atom. The van der Waals surface area contributed by atoms with Gasteiger partial charge >= 0.3 is 6.18 Å². The topological polar surface area (TPSA) is 61.8 Å². The molecule has 0 aliphatic heterocycles. The zero-order chi connectivity index (χ0) is 14.8. The van der Waals surface area contributed by atoms with Crippen molar-refractivity contribution in [2.75, 3.05) is 18.5 Å². The van der Waals surface area contributed by atoms with Crippen LogP contribution in [0.3, 0.4) is 0 Å². The highest BCUT2D eigenvalue weighted by molar-refractivity contribution is 9.10. The van der Waals surface area contributed by atoms with Crippen LogP contribution >= 0.6 is 15.9 Å². The van der Waals surface area contributed by atoms with Crippen LogP contribution in [0.1, 0.15) is 5.56 Å². The molecule has 0 amide bonds. The minimum absolute atomic E-state index is 0.0455. The molecular formula is C10H10BrF4N3O. The van der Waals surface area contributed by atoms with Crippen LogP contribution in [0.15, 0.2) is 21.8 Å². The molecule has 0 spiro atoms. The van der Waals surface area contributed by atoms with Crippen LogP contribution in [0, 0.1) is 5.82 Å². The van der Waals surface area contributed by atoms with Crippen LogP contribution in [0.25, 0.3) is 0 Å². The molecule has 0 aliphatic rings. The maximum Gasteiger partial charge on any atom is 0.405 e. The third kappa shape index (κ3) is 3.72. The van der Waals surface area contributed by atoms with E-state index in [1.807, 2.05) is 0 Å². The largest absolute Gasteiger partial charge is 0.409 e. The second kappa shape index (κ2) is 5.64. The fourth-order valence-corrected chi connectivity index (χ4v) is 1.98. The second-order valence-corrected chi connectivity index (χ2v) is 4.51. The van der Waals surface area contributed by atoms with E-state index in [1.54, 1.807) is 0 Å². The first-order chi connectivity index (χ1) is 8.67. The number of nitrogens with two attached hydrogens (primary N) is 1. The van der Waals surface area contributed by atoms with E-state index >= 15 is 0 Å². The van der Waals surface area contributed by atoms with Crippen molar-refractivity contribution in [1.29, 1.82) is 0 Å². The first-order valence-electron chi connectivity index (χ1n) is 4.91. The van der Waals surface area contributed by atoms with Crippen molar-refractivity contribution >= 4 is 27.5 Å².